The van der Waals surface area contributed by atoms with Gasteiger partial charge in [0.05, 0.1) is 17.0 Å². The first-order chi connectivity index (χ1) is 17.6. The fraction of sp³-hybridized carbons (Fsp3) is 0.231. The van der Waals surface area contributed by atoms with Crippen molar-refractivity contribution < 1.29 is 44.3 Å². The fourth-order valence-corrected chi connectivity index (χ4v) is 3.58. The summed E-state index contributed by atoms with van der Waals surface area (Å²) in [7, 11) is 0. The van der Waals surface area contributed by atoms with Gasteiger partial charge in [0.1, 0.15) is 5.82 Å². The third-order valence-electron chi connectivity index (χ3n) is 5.44. The molecule has 3 nitrogen and oxygen atoms in total. The second-order valence-corrected chi connectivity index (χ2v) is 8.20. The number of hydrogen-bond donors (Lipinski definition) is 1. The molecule has 3 rings (SSSR count). The molecule has 38 heavy (non-hydrogen) atoms. The van der Waals surface area contributed by atoms with Crippen molar-refractivity contribution in [2.45, 2.75) is 37.4 Å². The molecule has 1 unspecified atom stereocenters. The summed E-state index contributed by atoms with van der Waals surface area (Å²) in [5, 5.41) is 2.75. The molecule has 1 heterocycles. The second kappa shape index (κ2) is 11.3. The number of hydrogen-bond acceptors (Lipinski definition) is 3. The molecule has 0 aliphatic heterocycles. The van der Waals surface area contributed by atoms with Crippen LogP contribution in [0.15, 0.2) is 72.9 Å². The molecule has 0 aliphatic rings. The smallest absolute Gasteiger partial charge is 0.366 e. The Hall–Kier alpha value is -3.83. The topological polar surface area (TPSA) is 42.0 Å². The minimum atomic E-state index is -5.04. The van der Waals surface area contributed by atoms with E-state index in [2.05, 4.69) is 10.3 Å². The SMILES string of the molecule is O=C(/C=C/c1ccc(CNc2ccccn2)c(C(F)(F)F)c1)CC(c1cccc(C(F)(F)F)c1)C(F)(F)F. The Morgan fingerprint density at radius 3 is 2.21 bits per heavy atom. The van der Waals surface area contributed by atoms with E-state index in [1.165, 1.54) is 12.3 Å². The minimum Gasteiger partial charge on any atom is -0.366 e. The minimum absolute atomic E-state index is 0.102. The lowest BCUT2D eigenvalue weighted by Crippen LogP contribution is -2.23. The molecule has 0 amide bonds. The molecule has 0 spiro atoms. The zero-order valence-corrected chi connectivity index (χ0v) is 19.3. The normalized spacial score (nSPS) is 13.5. The van der Waals surface area contributed by atoms with Gasteiger partial charge in [-0.1, -0.05) is 42.5 Å². The number of ketones is 1. The van der Waals surface area contributed by atoms with E-state index in [0.29, 0.717) is 24.0 Å². The molecule has 0 fully saturated rings. The highest BCUT2D eigenvalue weighted by Gasteiger charge is 2.42. The van der Waals surface area contributed by atoms with Gasteiger partial charge in [-0.2, -0.15) is 39.5 Å². The van der Waals surface area contributed by atoms with Crippen LogP contribution in [0.5, 0.6) is 0 Å². The van der Waals surface area contributed by atoms with Gasteiger partial charge in [0.2, 0.25) is 0 Å². The third kappa shape index (κ3) is 7.83. The first kappa shape index (κ1) is 28.7. The van der Waals surface area contributed by atoms with Crippen LogP contribution >= 0.6 is 0 Å². The Morgan fingerprint density at radius 2 is 1.61 bits per heavy atom. The number of allylic oxidation sites excluding steroid dienone is 1. The van der Waals surface area contributed by atoms with Crippen molar-refractivity contribution in [1.29, 1.82) is 0 Å². The predicted molar refractivity (Wildman–Crippen MR) is 122 cm³/mol. The summed E-state index contributed by atoms with van der Waals surface area (Å²) >= 11 is 0. The maximum Gasteiger partial charge on any atom is 0.416 e. The standard InChI is InChI=1S/C26H19F9N2O/c27-24(28,29)19-5-3-4-17(13-19)22(26(33,34)35)14-20(38)10-8-16-7-9-18(21(12-16)25(30,31)32)15-37-23-6-1-2-11-36-23/h1-13,22H,14-15H2,(H,36,37)/b10-8+. The van der Waals surface area contributed by atoms with Gasteiger partial charge in [-0.05, 0) is 47.0 Å². The van der Waals surface area contributed by atoms with Gasteiger partial charge in [0.25, 0.3) is 0 Å². The highest BCUT2D eigenvalue weighted by molar-refractivity contribution is 5.94. The zero-order valence-electron chi connectivity index (χ0n) is 19.3. The predicted octanol–water partition coefficient (Wildman–Crippen LogP) is 8.05. The molecule has 0 radical (unpaired) electrons. The molecule has 12 heteroatoms. The number of aromatic nitrogens is 1. The molecule has 0 saturated carbocycles. The maximum atomic E-state index is 13.6. The monoisotopic (exact) mass is 546 g/mol. The summed E-state index contributed by atoms with van der Waals surface area (Å²) in [6, 6.07) is 10.5. The average Bonchev–Trinajstić information content (AvgIpc) is 2.84. The maximum absolute atomic E-state index is 13.6. The Kier molecular flexibility index (Phi) is 8.53. The van der Waals surface area contributed by atoms with Gasteiger partial charge in [-0.3, -0.25) is 4.79 Å². The van der Waals surface area contributed by atoms with Crippen LogP contribution in [0.25, 0.3) is 6.08 Å². The average molecular weight is 546 g/mol. The summed E-state index contributed by atoms with van der Waals surface area (Å²) < 4.78 is 120. The molecular weight excluding hydrogens is 527 g/mol. The largest absolute Gasteiger partial charge is 0.416 e. The van der Waals surface area contributed by atoms with Crippen LogP contribution in [-0.2, 0) is 23.7 Å². The van der Waals surface area contributed by atoms with Gasteiger partial charge in [0, 0.05) is 19.2 Å². The second-order valence-electron chi connectivity index (χ2n) is 8.20. The molecule has 0 bridgehead atoms. The highest BCUT2D eigenvalue weighted by Crippen LogP contribution is 2.40. The number of benzene rings is 2. The van der Waals surface area contributed by atoms with E-state index >= 15 is 0 Å². The van der Waals surface area contributed by atoms with Crippen molar-refractivity contribution in [2.24, 2.45) is 0 Å². The zero-order chi connectivity index (χ0) is 28.1. The van der Waals surface area contributed by atoms with Crippen molar-refractivity contribution in [2.75, 3.05) is 5.32 Å². The molecule has 2 aromatic carbocycles. The van der Waals surface area contributed by atoms with Crippen molar-refractivity contribution in [3.63, 3.8) is 0 Å². The number of carbonyl (C=O) groups excluding carboxylic acids is 1. The van der Waals surface area contributed by atoms with Crippen molar-refractivity contribution in [3.8, 4) is 0 Å². The van der Waals surface area contributed by atoms with E-state index in [0.717, 1.165) is 30.3 Å². The first-order valence-electron chi connectivity index (χ1n) is 10.9. The highest BCUT2D eigenvalue weighted by atomic mass is 19.4. The summed E-state index contributed by atoms with van der Waals surface area (Å²) in [6.07, 6.45) is -12.9. The van der Waals surface area contributed by atoms with Crippen LogP contribution in [0.1, 0.15) is 40.2 Å². The molecule has 1 N–H and O–H groups in total. The Labute approximate surface area is 211 Å². The van der Waals surface area contributed by atoms with Crippen molar-refractivity contribution in [3.05, 3.63) is 101 Å². The van der Waals surface area contributed by atoms with Crippen LogP contribution < -0.4 is 5.32 Å². The van der Waals surface area contributed by atoms with Crippen LogP contribution in [0.2, 0.25) is 0 Å². The molecule has 1 atom stereocenters. The molecule has 0 saturated heterocycles. The van der Waals surface area contributed by atoms with E-state index in [9.17, 15) is 44.3 Å². The Bertz CT molecular complexity index is 1280. The van der Waals surface area contributed by atoms with Crippen LogP contribution in [0, 0.1) is 0 Å². The lowest BCUT2D eigenvalue weighted by molar-refractivity contribution is -0.156. The summed E-state index contributed by atoms with van der Waals surface area (Å²) in [4.78, 5) is 16.2. The lowest BCUT2D eigenvalue weighted by Gasteiger charge is -2.20. The number of nitrogens with one attached hydrogen (secondary N) is 1. The van der Waals surface area contributed by atoms with Crippen LogP contribution in [0.4, 0.5) is 45.3 Å². The quantitative estimate of drug-likeness (QED) is 0.230. The number of halogens is 9. The summed E-state index contributed by atoms with van der Waals surface area (Å²) in [5.74, 6) is -3.32. The number of rotatable bonds is 8. The van der Waals surface area contributed by atoms with E-state index in [1.54, 1.807) is 18.2 Å². The van der Waals surface area contributed by atoms with Gasteiger partial charge < -0.3 is 5.32 Å². The molecule has 202 valence electrons. The lowest BCUT2D eigenvalue weighted by atomic mass is 9.91. The summed E-state index contributed by atoms with van der Waals surface area (Å²) in [6.45, 7) is -0.223. The number of nitrogens with zero attached hydrogens (tertiary/aromatic N) is 1. The molecule has 0 aliphatic carbocycles. The van der Waals surface area contributed by atoms with E-state index in [4.69, 9.17) is 0 Å². The fourth-order valence-electron chi connectivity index (χ4n) is 3.58. The Morgan fingerprint density at radius 1 is 0.868 bits per heavy atom. The number of alkyl halides is 9. The Balaban J connectivity index is 1.79. The number of carbonyl (C=O) groups is 1. The van der Waals surface area contributed by atoms with Crippen LogP contribution in [0.3, 0.4) is 0 Å². The first-order valence-corrected chi connectivity index (χ1v) is 10.9. The van der Waals surface area contributed by atoms with Crippen molar-refractivity contribution >= 4 is 17.7 Å². The van der Waals surface area contributed by atoms with Crippen molar-refractivity contribution in [1.82, 2.24) is 4.98 Å². The number of anilines is 1. The van der Waals surface area contributed by atoms with Gasteiger partial charge in [-0.15, -0.1) is 0 Å². The van der Waals surface area contributed by atoms with E-state index < -0.39 is 53.3 Å². The van der Waals surface area contributed by atoms with E-state index in [1.807, 2.05) is 0 Å². The number of pyridine rings is 1. The molecule has 1 aromatic heterocycles. The van der Waals surface area contributed by atoms with Crippen LogP contribution in [-0.4, -0.2) is 16.9 Å². The van der Waals surface area contributed by atoms with Gasteiger partial charge >= 0.3 is 18.5 Å². The van der Waals surface area contributed by atoms with Gasteiger partial charge in [-0.25, -0.2) is 4.98 Å². The van der Waals surface area contributed by atoms with Gasteiger partial charge in [0.15, 0.2) is 5.78 Å². The van der Waals surface area contributed by atoms with E-state index in [-0.39, 0.29) is 17.7 Å². The molecular formula is C26H19F9N2O. The third-order valence-corrected chi connectivity index (χ3v) is 5.44. The molecule has 3 aromatic rings. The summed E-state index contributed by atoms with van der Waals surface area (Å²) in [5.41, 5.74) is -3.31.